The van der Waals surface area contributed by atoms with E-state index in [2.05, 4.69) is 10.6 Å². The Bertz CT molecular complexity index is 1020. The van der Waals surface area contributed by atoms with Gasteiger partial charge in [0, 0.05) is 32.2 Å². The maximum Gasteiger partial charge on any atom is 0.243 e. The molecule has 0 aromatic heterocycles. The average molecular weight is 446 g/mol. The van der Waals surface area contributed by atoms with Crippen molar-refractivity contribution in [2.75, 3.05) is 38.7 Å². The summed E-state index contributed by atoms with van der Waals surface area (Å²) in [4.78, 5) is 24.3. The molecular formula is C22H27N3O5S. The summed E-state index contributed by atoms with van der Waals surface area (Å²) in [6.07, 6.45) is 0.900. The Balaban J connectivity index is 1.57. The molecule has 166 valence electrons. The molecule has 0 atom stereocenters. The molecule has 0 aliphatic carbocycles. The van der Waals surface area contributed by atoms with Gasteiger partial charge in [-0.2, -0.15) is 4.31 Å². The number of rotatable bonds is 8. The first kappa shape index (κ1) is 22.9. The molecule has 31 heavy (non-hydrogen) atoms. The second-order valence-corrected chi connectivity index (χ2v) is 9.15. The van der Waals surface area contributed by atoms with Crippen LogP contribution in [0.5, 0.6) is 0 Å². The minimum Gasteiger partial charge on any atom is -0.379 e. The highest BCUT2D eigenvalue weighted by Crippen LogP contribution is 2.19. The largest absolute Gasteiger partial charge is 0.379 e. The number of sulfonamides is 1. The van der Waals surface area contributed by atoms with Crippen LogP contribution < -0.4 is 10.6 Å². The van der Waals surface area contributed by atoms with Crippen molar-refractivity contribution in [3.8, 4) is 0 Å². The number of likely N-dealkylation sites (N-methyl/N-ethyl adjacent to an activating group) is 1. The van der Waals surface area contributed by atoms with E-state index in [4.69, 9.17) is 4.74 Å². The summed E-state index contributed by atoms with van der Waals surface area (Å²) in [5, 5.41) is 5.43. The Labute approximate surface area is 182 Å². The first-order chi connectivity index (χ1) is 14.9. The molecule has 8 nitrogen and oxygen atoms in total. The number of nitrogens with zero attached hydrogens (tertiary/aromatic N) is 1. The normalized spacial score (nSPS) is 14.7. The number of aryl methyl sites for hydroxylation is 1. The molecule has 0 unspecified atom stereocenters. The Morgan fingerprint density at radius 1 is 1.00 bits per heavy atom. The number of carbonyl (C=O) groups is 2. The monoisotopic (exact) mass is 445 g/mol. The lowest BCUT2D eigenvalue weighted by atomic mass is 10.1. The van der Waals surface area contributed by atoms with Gasteiger partial charge in [-0.25, -0.2) is 8.42 Å². The number of carbonyl (C=O) groups excluding carboxylic acids is 2. The molecular weight excluding hydrogens is 418 g/mol. The van der Waals surface area contributed by atoms with Crippen LogP contribution in [0, 0.1) is 0 Å². The molecule has 2 aromatic carbocycles. The van der Waals surface area contributed by atoms with Crippen LogP contribution in [0.2, 0.25) is 0 Å². The Morgan fingerprint density at radius 3 is 2.35 bits per heavy atom. The van der Waals surface area contributed by atoms with E-state index in [0.29, 0.717) is 38.4 Å². The molecule has 1 aliphatic heterocycles. The van der Waals surface area contributed by atoms with Crippen LogP contribution in [0.4, 0.5) is 5.69 Å². The van der Waals surface area contributed by atoms with E-state index in [9.17, 15) is 18.0 Å². The van der Waals surface area contributed by atoms with Gasteiger partial charge in [-0.1, -0.05) is 30.3 Å². The minimum absolute atomic E-state index is 0.131. The molecule has 1 aliphatic rings. The molecule has 0 radical (unpaired) electrons. The fourth-order valence-corrected chi connectivity index (χ4v) is 4.70. The molecule has 3 rings (SSSR count). The van der Waals surface area contributed by atoms with E-state index in [1.165, 1.54) is 4.31 Å². The van der Waals surface area contributed by atoms with Crippen molar-refractivity contribution >= 4 is 27.5 Å². The quantitative estimate of drug-likeness (QED) is 0.642. The second kappa shape index (κ2) is 10.5. The fourth-order valence-electron chi connectivity index (χ4n) is 3.29. The van der Waals surface area contributed by atoms with E-state index >= 15 is 0 Å². The van der Waals surface area contributed by atoms with E-state index in [1.54, 1.807) is 49.5 Å². The standard InChI is InChI=1S/C22H27N3O5S/c1-23-22(27)16-18-4-2-3-5-20(18)24-21(26)11-8-17-6-9-19(10-7-17)31(28,29)25-12-14-30-15-13-25/h2-7,9-10H,8,11-16H2,1H3,(H,23,27)(H,24,26). The first-order valence-corrected chi connectivity index (χ1v) is 11.6. The zero-order valence-electron chi connectivity index (χ0n) is 17.5. The van der Waals surface area contributed by atoms with E-state index in [0.717, 1.165) is 11.1 Å². The van der Waals surface area contributed by atoms with Crippen LogP contribution >= 0.6 is 0 Å². The van der Waals surface area contributed by atoms with Gasteiger partial charge in [-0.05, 0) is 35.7 Å². The van der Waals surface area contributed by atoms with Crippen molar-refractivity contribution in [3.63, 3.8) is 0 Å². The summed E-state index contributed by atoms with van der Waals surface area (Å²) >= 11 is 0. The van der Waals surface area contributed by atoms with Gasteiger partial charge in [0.1, 0.15) is 0 Å². The van der Waals surface area contributed by atoms with Gasteiger partial charge < -0.3 is 15.4 Å². The number of nitrogens with one attached hydrogen (secondary N) is 2. The van der Waals surface area contributed by atoms with Crippen molar-refractivity contribution in [2.24, 2.45) is 0 Å². The molecule has 2 N–H and O–H groups in total. The molecule has 0 spiro atoms. The number of ether oxygens (including phenoxy) is 1. The molecule has 1 saturated heterocycles. The van der Waals surface area contributed by atoms with E-state index in [1.807, 2.05) is 6.07 Å². The van der Waals surface area contributed by atoms with Crippen molar-refractivity contribution in [1.82, 2.24) is 9.62 Å². The van der Waals surface area contributed by atoms with Crippen LogP contribution in [-0.2, 0) is 37.2 Å². The summed E-state index contributed by atoms with van der Waals surface area (Å²) in [6.45, 7) is 1.51. The van der Waals surface area contributed by atoms with Gasteiger partial charge in [-0.15, -0.1) is 0 Å². The Kier molecular flexibility index (Phi) is 7.78. The Hall–Kier alpha value is -2.75. The summed E-state index contributed by atoms with van der Waals surface area (Å²) in [6, 6.07) is 13.8. The van der Waals surface area contributed by atoms with Crippen LogP contribution in [0.15, 0.2) is 53.4 Å². The molecule has 9 heteroatoms. The lowest BCUT2D eigenvalue weighted by molar-refractivity contribution is -0.120. The van der Waals surface area contributed by atoms with Crippen LogP contribution in [0.25, 0.3) is 0 Å². The van der Waals surface area contributed by atoms with Gasteiger partial charge in [-0.3, -0.25) is 9.59 Å². The maximum absolute atomic E-state index is 12.7. The Morgan fingerprint density at radius 2 is 1.68 bits per heavy atom. The van der Waals surface area contributed by atoms with Gasteiger partial charge in [0.25, 0.3) is 0 Å². The number of morpholine rings is 1. The molecule has 0 saturated carbocycles. The number of hydrogen-bond acceptors (Lipinski definition) is 5. The van der Waals surface area contributed by atoms with Gasteiger partial charge in [0.15, 0.2) is 0 Å². The summed E-state index contributed by atoms with van der Waals surface area (Å²) < 4.78 is 32.0. The average Bonchev–Trinajstić information content (AvgIpc) is 2.79. The zero-order chi connectivity index (χ0) is 22.3. The van der Waals surface area contributed by atoms with Crippen LogP contribution in [-0.4, -0.2) is 57.9 Å². The van der Waals surface area contributed by atoms with Gasteiger partial charge >= 0.3 is 0 Å². The summed E-state index contributed by atoms with van der Waals surface area (Å²) in [7, 11) is -1.96. The van der Waals surface area contributed by atoms with Crippen LogP contribution in [0.1, 0.15) is 17.5 Å². The molecule has 0 bridgehead atoms. The fraction of sp³-hybridized carbons (Fsp3) is 0.364. The van der Waals surface area contributed by atoms with E-state index < -0.39 is 10.0 Å². The van der Waals surface area contributed by atoms with Crippen molar-refractivity contribution in [3.05, 3.63) is 59.7 Å². The molecule has 2 aromatic rings. The molecule has 2 amide bonds. The van der Waals surface area contributed by atoms with Crippen molar-refractivity contribution in [1.29, 1.82) is 0 Å². The maximum atomic E-state index is 12.7. The predicted octanol–water partition coefficient (Wildman–Crippen LogP) is 1.57. The first-order valence-electron chi connectivity index (χ1n) is 10.2. The summed E-state index contributed by atoms with van der Waals surface area (Å²) in [5.74, 6) is -0.303. The smallest absolute Gasteiger partial charge is 0.243 e. The van der Waals surface area contributed by atoms with Gasteiger partial charge in [0.2, 0.25) is 21.8 Å². The highest BCUT2D eigenvalue weighted by molar-refractivity contribution is 7.89. The highest BCUT2D eigenvalue weighted by atomic mass is 32.2. The zero-order valence-corrected chi connectivity index (χ0v) is 18.3. The lowest BCUT2D eigenvalue weighted by Gasteiger charge is -2.26. The third-order valence-electron chi connectivity index (χ3n) is 5.09. The van der Waals surface area contributed by atoms with Crippen molar-refractivity contribution in [2.45, 2.75) is 24.2 Å². The topological polar surface area (TPSA) is 105 Å². The van der Waals surface area contributed by atoms with Crippen LogP contribution in [0.3, 0.4) is 0 Å². The number of amides is 2. The predicted molar refractivity (Wildman–Crippen MR) is 117 cm³/mol. The van der Waals surface area contributed by atoms with Crippen molar-refractivity contribution < 1.29 is 22.7 Å². The minimum atomic E-state index is -3.53. The SMILES string of the molecule is CNC(=O)Cc1ccccc1NC(=O)CCc1ccc(S(=O)(=O)N2CCOCC2)cc1. The third-order valence-corrected chi connectivity index (χ3v) is 7.01. The highest BCUT2D eigenvalue weighted by Gasteiger charge is 2.26. The van der Waals surface area contributed by atoms with E-state index in [-0.39, 0.29) is 29.6 Å². The molecule has 1 heterocycles. The summed E-state index contributed by atoms with van der Waals surface area (Å²) in [5.41, 5.74) is 2.23. The number of para-hydroxylation sites is 1. The molecule has 1 fully saturated rings. The third kappa shape index (κ3) is 6.13. The number of benzene rings is 2. The second-order valence-electron chi connectivity index (χ2n) is 7.22. The number of anilines is 1. The van der Waals surface area contributed by atoms with Gasteiger partial charge in [0.05, 0.1) is 24.5 Å². The lowest BCUT2D eigenvalue weighted by Crippen LogP contribution is -2.40. The number of hydrogen-bond donors (Lipinski definition) is 2.